The number of aryl methyl sites for hydroxylation is 1. The summed E-state index contributed by atoms with van der Waals surface area (Å²) in [4.78, 5) is 0. The molecular formula is C15H13ClN4. The Morgan fingerprint density at radius 3 is 2.65 bits per heavy atom. The molecule has 0 radical (unpaired) electrons. The van der Waals surface area contributed by atoms with E-state index in [9.17, 15) is 0 Å². The van der Waals surface area contributed by atoms with Gasteiger partial charge < -0.3 is 0 Å². The molecule has 0 N–H and O–H groups in total. The zero-order chi connectivity index (χ0) is 13.9. The minimum absolute atomic E-state index is 0.640. The molecule has 4 nitrogen and oxygen atoms in total. The SMILES string of the molecule is Cc1ccc(-n2nnnc2Cc2cccc(Cl)c2)cc1. The number of hydrogen-bond donors (Lipinski definition) is 0. The fourth-order valence-corrected chi connectivity index (χ4v) is 2.24. The van der Waals surface area contributed by atoms with Crippen LogP contribution in [0.25, 0.3) is 5.69 Å². The van der Waals surface area contributed by atoms with Gasteiger partial charge in [-0.3, -0.25) is 0 Å². The average molecular weight is 285 g/mol. The summed E-state index contributed by atoms with van der Waals surface area (Å²) in [5, 5.41) is 12.6. The van der Waals surface area contributed by atoms with E-state index in [0.717, 1.165) is 22.1 Å². The highest BCUT2D eigenvalue weighted by Gasteiger charge is 2.09. The van der Waals surface area contributed by atoms with E-state index in [0.29, 0.717) is 6.42 Å². The van der Waals surface area contributed by atoms with Gasteiger partial charge in [0.25, 0.3) is 0 Å². The number of tetrazole rings is 1. The Kier molecular flexibility index (Phi) is 3.48. The van der Waals surface area contributed by atoms with Gasteiger partial charge in [0, 0.05) is 11.4 Å². The van der Waals surface area contributed by atoms with Gasteiger partial charge in [-0.2, -0.15) is 4.68 Å². The van der Waals surface area contributed by atoms with Crippen LogP contribution < -0.4 is 0 Å². The van der Waals surface area contributed by atoms with E-state index in [-0.39, 0.29) is 0 Å². The minimum Gasteiger partial charge on any atom is -0.197 e. The van der Waals surface area contributed by atoms with Crippen LogP contribution in [0.2, 0.25) is 5.02 Å². The van der Waals surface area contributed by atoms with Crippen LogP contribution in [-0.2, 0) is 6.42 Å². The smallest absolute Gasteiger partial charge is 0.161 e. The van der Waals surface area contributed by atoms with Crippen LogP contribution in [0.3, 0.4) is 0 Å². The second-order valence-corrected chi connectivity index (χ2v) is 5.09. The summed E-state index contributed by atoms with van der Waals surface area (Å²) < 4.78 is 1.75. The van der Waals surface area contributed by atoms with Crippen molar-refractivity contribution in [2.45, 2.75) is 13.3 Å². The van der Waals surface area contributed by atoms with Crippen LogP contribution in [0.5, 0.6) is 0 Å². The van der Waals surface area contributed by atoms with Crippen molar-refractivity contribution in [3.05, 3.63) is 70.5 Å². The van der Waals surface area contributed by atoms with Gasteiger partial charge in [0.15, 0.2) is 5.82 Å². The van der Waals surface area contributed by atoms with Crippen LogP contribution in [0.15, 0.2) is 48.5 Å². The first-order valence-corrected chi connectivity index (χ1v) is 6.69. The van der Waals surface area contributed by atoms with Gasteiger partial charge in [-0.05, 0) is 47.2 Å². The standard InChI is InChI=1S/C15H13ClN4/c1-11-5-7-14(8-6-11)20-15(17-18-19-20)10-12-3-2-4-13(16)9-12/h2-9H,10H2,1H3. The Bertz CT molecular complexity index is 719. The molecule has 0 spiro atoms. The first kappa shape index (κ1) is 12.8. The van der Waals surface area contributed by atoms with Crippen molar-refractivity contribution in [2.24, 2.45) is 0 Å². The maximum absolute atomic E-state index is 6.00. The number of rotatable bonds is 3. The largest absolute Gasteiger partial charge is 0.197 e. The summed E-state index contributed by atoms with van der Waals surface area (Å²) in [6.07, 6.45) is 0.640. The summed E-state index contributed by atoms with van der Waals surface area (Å²) in [6.45, 7) is 2.05. The minimum atomic E-state index is 0.640. The maximum atomic E-state index is 6.00. The highest BCUT2D eigenvalue weighted by molar-refractivity contribution is 6.30. The first-order valence-electron chi connectivity index (χ1n) is 6.31. The Hall–Kier alpha value is -2.20. The van der Waals surface area contributed by atoms with Crippen molar-refractivity contribution in [2.75, 3.05) is 0 Å². The predicted molar refractivity (Wildman–Crippen MR) is 78.1 cm³/mol. The van der Waals surface area contributed by atoms with Crippen LogP contribution in [0, 0.1) is 6.92 Å². The fraction of sp³-hybridized carbons (Fsp3) is 0.133. The third kappa shape index (κ3) is 2.70. The van der Waals surface area contributed by atoms with Crippen molar-refractivity contribution in [1.29, 1.82) is 0 Å². The molecule has 0 unspecified atom stereocenters. The number of benzene rings is 2. The second kappa shape index (κ2) is 5.43. The van der Waals surface area contributed by atoms with Gasteiger partial charge in [-0.25, -0.2) is 0 Å². The predicted octanol–water partition coefficient (Wildman–Crippen LogP) is 3.21. The maximum Gasteiger partial charge on any atom is 0.161 e. The molecule has 100 valence electrons. The first-order chi connectivity index (χ1) is 9.72. The van der Waals surface area contributed by atoms with Gasteiger partial charge in [0.05, 0.1) is 5.69 Å². The summed E-state index contributed by atoms with van der Waals surface area (Å²) in [6, 6.07) is 15.8. The highest BCUT2D eigenvalue weighted by Crippen LogP contribution is 2.15. The van der Waals surface area contributed by atoms with Gasteiger partial charge in [-0.1, -0.05) is 41.4 Å². The van der Waals surface area contributed by atoms with Crippen molar-refractivity contribution in [1.82, 2.24) is 20.2 Å². The second-order valence-electron chi connectivity index (χ2n) is 4.65. The van der Waals surface area contributed by atoms with Crippen molar-refractivity contribution >= 4 is 11.6 Å². The third-order valence-corrected chi connectivity index (χ3v) is 3.30. The number of nitrogens with zero attached hydrogens (tertiary/aromatic N) is 4. The lowest BCUT2D eigenvalue weighted by Gasteiger charge is -2.05. The van der Waals surface area contributed by atoms with E-state index >= 15 is 0 Å². The van der Waals surface area contributed by atoms with E-state index in [2.05, 4.69) is 22.4 Å². The highest BCUT2D eigenvalue weighted by atomic mass is 35.5. The van der Waals surface area contributed by atoms with E-state index in [4.69, 9.17) is 11.6 Å². The van der Waals surface area contributed by atoms with Crippen molar-refractivity contribution in [3.63, 3.8) is 0 Å². The zero-order valence-electron chi connectivity index (χ0n) is 11.0. The molecule has 5 heteroatoms. The molecule has 20 heavy (non-hydrogen) atoms. The van der Waals surface area contributed by atoms with E-state index < -0.39 is 0 Å². The van der Waals surface area contributed by atoms with Gasteiger partial charge in [0.2, 0.25) is 0 Å². The molecule has 0 aliphatic carbocycles. The number of aromatic nitrogens is 4. The fourth-order valence-electron chi connectivity index (χ4n) is 2.03. The van der Waals surface area contributed by atoms with Crippen LogP contribution >= 0.6 is 11.6 Å². The summed E-state index contributed by atoms with van der Waals surface area (Å²) in [5.41, 5.74) is 3.25. The molecule has 0 aliphatic heterocycles. The third-order valence-electron chi connectivity index (χ3n) is 3.06. The number of halogens is 1. The Morgan fingerprint density at radius 1 is 1.10 bits per heavy atom. The normalized spacial score (nSPS) is 10.7. The molecule has 0 fully saturated rings. The van der Waals surface area contributed by atoms with Gasteiger partial charge in [0.1, 0.15) is 0 Å². The molecule has 2 aromatic carbocycles. The van der Waals surface area contributed by atoms with Gasteiger partial charge >= 0.3 is 0 Å². The summed E-state index contributed by atoms with van der Waals surface area (Å²) in [7, 11) is 0. The van der Waals surface area contributed by atoms with Crippen LogP contribution in [0.1, 0.15) is 17.0 Å². The quantitative estimate of drug-likeness (QED) is 0.742. The molecule has 0 atom stereocenters. The Labute approximate surface area is 122 Å². The lowest BCUT2D eigenvalue weighted by molar-refractivity contribution is 0.770. The van der Waals surface area contributed by atoms with E-state index in [1.165, 1.54) is 5.56 Å². The zero-order valence-corrected chi connectivity index (χ0v) is 11.7. The number of hydrogen-bond acceptors (Lipinski definition) is 3. The van der Waals surface area contributed by atoms with Crippen molar-refractivity contribution in [3.8, 4) is 5.69 Å². The summed E-state index contributed by atoms with van der Waals surface area (Å²) in [5.74, 6) is 0.788. The van der Waals surface area contributed by atoms with E-state index in [1.807, 2.05) is 48.5 Å². The summed E-state index contributed by atoms with van der Waals surface area (Å²) >= 11 is 6.00. The molecule has 0 aliphatic rings. The molecule has 0 bridgehead atoms. The molecule has 0 saturated heterocycles. The monoisotopic (exact) mass is 284 g/mol. The average Bonchev–Trinajstić information content (AvgIpc) is 2.88. The van der Waals surface area contributed by atoms with Crippen LogP contribution in [0.4, 0.5) is 0 Å². The molecule has 3 rings (SSSR count). The molecular weight excluding hydrogens is 272 g/mol. The lowest BCUT2D eigenvalue weighted by Crippen LogP contribution is -2.04. The molecule has 3 aromatic rings. The lowest BCUT2D eigenvalue weighted by atomic mass is 10.1. The Balaban J connectivity index is 1.92. The Morgan fingerprint density at radius 2 is 1.90 bits per heavy atom. The molecule has 0 saturated carbocycles. The van der Waals surface area contributed by atoms with Gasteiger partial charge in [-0.15, -0.1) is 5.10 Å². The molecule has 1 aromatic heterocycles. The van der Waals surface area contributed by atoms with E-state index in [1.54, 1.807) is 4.68 Å². The van der Waals surface area contributed by atoms with Crippen LogP contribution in [-0.4, -0.2) is 20.2 Å². The molecule has 0 amide bonds. The molecule has 1 heterocycles. The topological polar surface area (TPSA) is 43.6 Å². The van der Waals surface area contributed by atoms with Crippen molar-refractivity contribution < 1.29 is 0 Å².